The molecule has 0 aromatic heterocycles. The Kier molecular flexibility index (Phi) is 5.59. The van der Waals surface area contributed by atoms with E-state index in [2.05, 4.69) is 4.90 Å². The lowest BCUT2D eigenvalue weighted by Crippen LogP contribution is -2.34. The summed E-state index contributed by atoms with van der Waals surface area (Å²) >= 11 is 0. The third kappa shape index (κ3) is 4.19. The fourth-order valence-corrected chi connectivity index (χ4v) is 2.82. The van der Waals surface area contributed by atoms with E-state index < -0.39 is 5.97 Å². The molecular weight excluding hydrogens is 270 g/mol. The minimum absolute atomic E-state index is 0.306. The zero-order valence-corrected chi connectivity index (χ0v) is 12.7. The highest BCUT2D eigenvalue weighted by molar-refractivity contribution is 5.88. The van der Waals surface area contributed by atoms with Crippen molar-refractivity contribution in [1.29, 1.82) is 0 Å². The van der Waals surface area contributed by atoms with Crippen LogP contribution in [-0.4, -0.2) is 49.9 Å². The first-order valence-electron chi connectivity index (χ1n) is 7.25. The lowest BCUT2D eigenvalue weighted by Gasteiger charge is -2.31. The summed E-state index contributed by atoms with van der Waals surface area (Å²) in [6.45, 7) is 3.57. The van der Waals surface area contributed by atoms with Crippen LogP contribution in [0.1, 0.15) is 28.8 Å². The fourth-order valence-electron chi connectivity index (χ4n) is 2.82. The number of carboxylic acid groups (broad SMARTS) is 1. The van der Waals surface area contributed by atoms with Crippen LogP contribution in [0.15, 0.2) is 18.2 Å². The highest BCUT2D eigenvalue weighted by atomic mass is 16.5. The number of likely N-dealkylation sites (tertiary alicyclic amines) is 1. The van der Waals surface area contributed by atoms with Gasteiger partial charge in [-0.15, -0.1) is 0 Å². The van der Waals surface area contributed by atoms with Gasteiger partial charge in [-0.05, 0) is 50.0 Å². The zero-order chi connectivity index (χ0) is 15.2. The largest absolute Gasteiger partial charge is 0.496 e. The molecule has 1 aliphatic heterocycles. The second-order valence-electron chi connectivity index (χ2n) is 5.51. The Balaban J connectivity index is 2.02. The van der Waals surface area contributed by atoms with E-state index >= 15 is 0 Å². The molecule has 0 atom stereocenters. The quantitative estimate of drug-likeness (QED) is 0.871. The van der Waals surface area contributed by atoms with Crippen molar-refractivity contribution < 1.29 is 19.4 Å². The first kappa shape index (κ1) is 15.8. The Morgan fingerprint density at radius 3 is 2.62 bits per heavy atom. The minimum Gasteiger partial charge on any atom is -0.496 e. The third-order valence-corrected chi connectivity index (χ3v) is 4.03. The standard InChI is InChI=1S/C16H23NO4/c1-20-11-12-5-7-17(8-6-12)10-14-9-13(16(18)19)3-4-15(14)21-2/h3-4,9,12H,5-8,10-11H2,1-2H3,(H,18,19). The summed E-state index contributed by atoms with van der Waals surface area (Å²) in [6, 6.07) is 5.02. The number of methoxy groups -OCH3 is 2. The summed E-state index contributed by atoms with van der Waals surface area (Å²) in [5, 5.41) is 9.10. The molecule has 0 saturated carbocycles. The summed E-state index contributed by atoms with van der Waals surface area (Å²) in [6.07, 6.45) is 2.24. The van der Waals surface area contributed by atoms with Crippen molar-refractivity contribution in [3.8, 4) is 5.75 Å². The van der Waals surface area contributed by atoms with Gasteiger partial charge in [0.1, 0.15) is 5.75 Å². The van der Waals surface area contributed by atoms with Crippen molar-refractivity contribution in [3.05, 3.63) is 29.3 Å². The van der Waals surface area contributed by atoms with Crippen LogP contribution < -0.4 is 4.74 Å². The summed E-state index contributed by atoms with van der Waals surface area (Å²) in [4.78, 5) is 13.4. The van der Waals surface area contributed by atoms with Gasteiger partial charge in [0.25, 0.3) is 0 Å². The van der Waals surface area contributed by atoms with Crippen molar-refractivity contribution in [2.45, 2.75) is 19.4 Å². The monoisotopic (exact) mass is 293 g/mol. The van der Waals surface area contributed by atoms with Crippen molar-refractivity contribution in [2.75, 3.05) is 33.9 Å². The Bertz CT molecular complexity index is 481. The Morgan fingerprint density at radius 1 is 1.33 bits per heavy atom. The molecule has 1 aromatic rings. The summed E-state index contributed by atoms with van der Waals surface area (Å²) in [5.74, 6) is 0.482. The van der Waals surface area contributed by atoms with Gasteiger partial charge < -0.3 is 14.6 Å². The Morgan fingerprint density at radius 2 is 2.05 bits per heavy atom. The molecule has 116 valence electrons. The highest BCUT2D eigenvalue weighted by Gasteiger charge is 2.20. The summed E-state index contributed by atoms with van der Waals surface area (Å²) in [7, 11) is 3.36. The molecule has 1 saturated heterocycles. The first-order chi connectivity index (χ1) is 10.1. The average molecular weight is 293 g/mol. The molecule has 0 spiro atoms. The van der Waals surface area contributed by atoms with Gasteiger partial charge in [0.2, 0.25) is 0 Å². The van der Waals surface area contributed by atoms with Gasteiger partial charge in [-0.25, -0.2) is 4.79 Å². The molecule has 5 heteroatoms. The molecule has 1 aliphatic rings. The normalized spacial score (nSPS) is 16.9. The van der Waals surface area contributed by atoms with E-state index in [1.165, 1.54) is 0 Å². The molecular formula is C16H23NO4. The smallest absolute Gasteiger partial charge is 0.335 e. The number of piperidine rings is 1. The lowest BCUT2D eigenvalue weighted by atomic mass is 9.97. The summed E-state index contributed by atoms with van der Waals surface area (Å²) in [5.41, 5.74) is 1.24. The number of nitrogens with zero attached hydrogens (tertiary/aromatic N) is 1. The van der Waals surface area contributed by atoms with E-state index in [0.717, 1.165) is 50.4 Å². The third-order valence-electron chi connectivity index (χ3n) is 4.03. The van der Waals surface area contributed by atoms with Gasteiger partial charge in [0.15, 0.2) is 0 Å². The van der Waals surface area contributed by atoms with Crippen LogP contribution in [0.25, 0.3) is 0 Å². The molecule has 1 fully saturated rings. The Labute approximate surface area is 125 Å². The number of rotatable bonds is 6. The molecule has 0 unspecified atom stereocenters. The maximum Gasteiger partial charge on any atom is 0.335 e. The maximum atomic E-state index is 11.1. The second-order valence-corrected chi connectivity index (χ2v) is 5.51. The predicted molar refractivity (Wildman–Crippen MR) is 79.8 cm³/mol. The molecule has 2 rings (SSSR count). The van der Waals surface area contributed by atoms with Crippen molar-refractivity contribution in [2.24, 2.45) is 5.92 Å². The number of carboxylic acids is 1. The molecule has 21 heavy (non-hydrogen) atoms. The van der Waals surface area contributed by atoms with Gasteiger partial charge >= 0.3 is 5.97 Å². The fraction of sp³-hybridized carbons (Fsp3) is 0.562. The van der Waals surface area contributed by atoms with E-state index in [0.29, 0.717) is 11.5 Å². The van der Waals surface area contributed by atoms with Gasteiger partial charge in [-0.1, -0.05) is 0 Å². The van der Waals surface area contributed by atoms with Crippen molar-refractivity contribution in [1.82, 2.24) is 4.90 Å². The number of carbonyl (C=O) groups is 1. The molecule has 1 heterocycles. The van der Waals surface area contributed by atoms with Crippen molar-refractivity contribution in [3.63, 3.8) is 0 Å². The SMILES string of the molecule is COCC1CCN(Cc2cc(C(=O)O)ccc2OC)CC1. The van der Waals surface area contributed by atoms with Crippen LogP contribution in [0, 0.1) is 5.92 Å². The molecule has 0 bridgehead atoms. The summed E-state index contributed by atoms with van der Waals surface area (Å²) < 4.78 is 10.6. The van der Waals surface area contributed by atoms with Crippen LogP contribution in [0.2, 0.25) is 0 Å². The number of aromatic carboxylic acids is 1. The first-order valence-corrected chi connectivity index (χ1v) is 7.25. The zero-order valence-electron chi connectivity index (χ0n) is 12.7. The topological polar surface area (TPSA) is 59.0 Å². The number of hydrogen-bond donors (Lipinski definition) is 1. The number of ether oxygens (including phenoxy) is 2. The van der Waals surface area contributed by atoms with Crippen LogP contribution in [0.3, 0.4) is 0 Å². The van der Waals surface area contributed by atoms with Crippen molar-refractivity contribution >= 4 is 5.97 Å². The minimum atomic E-state index is -0.905. The highest BCUT2D eigenvalue weighted by Crippen LogP contribution is 2.25. The molecule has 0 amide bonds. The number of benzene rings is 1. The van der Waals surface area contributed by atoms with E-state index in [9.17, 15) is 4.79 Å². The average Bonchev–Trinajstić information content (AvgIpc) is 2.49. The van der Waals surface area contributed by atoms with E-state index in [4.69, 9.17) is 14.6 Å². The number of hydrogen-bond acceptors (Lipinski definition) is 4. The van der Waals surface area contributed by atoms with Gasteiger partial charge in [0, 0.05) is 25.8 Å². The van der Waals surface area contributed by atoms with E-state index in [1.807, 2.05) is 0 Å². The molecule has 0 aliphatic carbocycles. The molecule has 5 nitrogen and oxygen atoms in total. The molecule has 0 radical (unpaired) electrons. The Hall–Kier alpha value is -1.59. The second kappa shape index (κ2) is 7.43. The predicted octanol–water partition coefficient (Wildman–Crippen LogP) is 2.25. The maximum absolute atomic E-state index is 11.1. The van der Waals surface area contributed by atoms with E-state index in [-0.39, 0.29) is 0 Å². The van der Waals surface area contributed by atoms with Crippen LogP contribution in [0.4, 0.5) is 0 Å². The molecule has 1 N–H and O–H groups in total. The van der Waals surface area contributed by atoms with Gasteiger partial charge in [-0.2, -0.15) is 0 Å². The lowest BCUT2D eigenvalue weighted by molar-refractivity contribution is 0.0696. The van der Waals surface area contributed by atoms with Gasteiger partial charge in [-0.3, -0.25) is 4.90 Å². The van der Waals surface area contributed by atoms with Gasteiger partial charge in [0.05, 0.1) is 12.7 Å². The molecule has 1 aromatic carbocycles. The van der Waals surface area contributed by atoms with Crippen LogP contribution >= 0.6 is 0 Å². The van der Waals surface area contributed by atoms with Crippen LogP contribution in [0.5, 0.6) is 5.75 Å². The van der Waals surface area contributed by atoms with E-state index in [1.54, 1.807) is 32.4 Å². The van der Waals surface area contributed by atoms with Crippen LogP contribution in [-0.2, 0) is 11.3 Å².